The van der Waals surface area contributed by atoms with Crippen LogP contribution in [0.4, 0.5) is 0 Å². The largest absolute Gasteiger partial charge is 0.470 e. The van der Waals surface area contributed by atoms with Crippen LogP contribution < -0.4 is 0 Å². The number of hydrogen-bond donors (Lipinski definition) is 0. The lowest BCUT2D eigenvalue weighted by molar-refractivity contribution is -0.140. The molecule has 2 aromatic carbocycles. The Morgan fingerprint density at radius 2 is 1.80 bits per heavy atom. The summed E-state index contributed by atoms with van der Waals surface area (Å²) in [5.74, 6) is -0.628. The van der Waals surface area contributed by atoms with E-state index in [0.717, 1.165) is 5.56 Å². The fourth-order valence-electron chi connectivity index (χ4n) is 3.10. The third kappa shape index (κ3) is 4.66. The normalized spacial score (nSPS) is 14.8. The predicted molar refractivity (Wildman–Crippen MR) is 116 cm³/mol. The number of halogens is 2. The highest BCUT2D eigenvalue weighted by atomic mass is 35.5. The third-order valence-corrected chi connectivity index (χ3v) is 5.15. The SMILES string of the molecule is CC(=O)ON=CC1=C(c2ccccc2)C(=O)N(C(C)(C)c2cc(Cl)cc(Cl)c2)CO1. The van der Waals surface area contributed by atoms with Gasteiger partial charge in [0, 0.05) is 17.0 Å². The lowest BCUT2D eigenvalue weighted by Gasteiger charge is -2.41. The number of oxime groups is 1. The molecule has 0 unspecified atom stereocenters. The number of ether oxygens (including phenoxy) is 1. The first-order chi connectivity index (χ1) is 14.2. The number of nitrogens with zero attached hydrogens (tertiary/aromatic N) is 2. The van der Waals surface area contributed by atoms with Crippen LogP contribution in [0.2, 0.25) is 10.0 Å². The second-order valence-corrected chi connectivity index (χ2v) is 8.02. The summed E-state index contributed by atoms with van der Waals surface area (Å²) >= 11 is 12.3. The molecule has 2 aromatic rings. The average Bonchev–Trinajstić information content (AvgIpc) is 2.67. The van der Waals surface area contributed by atoms with Crippen LogP contribution >= 0.6 is 23.2 Å². The molecular formula is C22H20Cl2N2O4. The van der Waals surface area contributed by atoms with E-state index in [1.54, 1.807) is 35.2 Å². The van der Waals surface area contributed by atoms with Gasteiger partial charge in [-0.25, -0.2) is 4.79 Å². The Hall–Kier alpha value is -2.83. The van der Waals surface area contributed by atoms with Crippen LogP contribution in [0, 0.1) is 0 Å². The molecule has 3 rings (SSSR count). The molecule has 1 aliphatic heterocycles. The van der Waals surface area contributed by atoms with Crippen molar-refractivity contribution in [3.63, 3.8) is 0 Å². The summed E-state index contributed by atoms with van der Waals surface area (Å²) in [5.41, 5.74) is 0.946. The number of carbonyl (C=O) groups is 2. The van der Waals surface area contributed by atoms with E-state index in [2.05, 4.69) is 9.99 Å². The summed E-state index contributed by atoms with van der Waals surface area (Å²) < 4.78 is 5.86. The zero-order chi connectivity index (χ0) is 21.9. The maximum absolute atomic E-state index is 13.6. The molecule has 30 heavy (non-hydrogen) atoms. The monoisotopic (exact) mass is 446 g/mol. The van der Waals surface area contributed by atoms with E-state index in [-0.39, 0.29) is 18.4 Å². The summed E-state index contributed by atoms with van der Waals surface area (Å²) in [6.07, 6.45) is 1.22. The molecule has 0 saturated heterocycles. The number of amides is 1. The standard InChI is InChI=1S/C22H20Cl2N2O4/c1-14(27)30-25-12-19-20(15-7-5-4-6-8-15)21(28)26(13-29-19)22(2,3)16-9-17(23)11-18(24)10-16/h4-12H,13H2,1-3H3. The van der Waals surface area contributed by atoms with E-state index in [4.69, 9.17) is 27.9 Å². The van der Waals surface area contributed by atoms with E-state index >= 15 is 0 Å². The van der Waals surface area contributed by atoms with Gasteiger partial charge in [-0.1, -0.05) is 58.7 Å². The van der Waals surface area contributed by atoms with Crippen molar-refractivity contribution < 1.29 is 19.2 Å². The van der Waals surface area contributed by atoms with Gasteiger partial charge >= 0.3 is 5.97 Å². The van der Waals surface area contributed by atoms with Crippen molar-refractivity contribution in [2.45, 2.75) is 26.3 Å². The molecule has 0 bridgehead atoms. The van der Waals surface area contributed by atoms with E-state index in [0.29, 0.717) is 21.2 Å². The molecule has 0 aromatic heterocycles. The fourth-order valence-corrected chi connectivity index (χ4v) is 3.63. The summed E-state index contributed by atoms with van der Waals surface area (Å²) in [5, 5.41) is 4.56. The summed E-state index contributed by atoms with van der Waals surface area (Å²) in [6, 6.07) is 14.2. The topological polar surface area (TPSA) is 68.2 Å². The van der Waals surface area contributed by atoms with Crippen LogP contribution in [0.5, 0.6) is 0 Å². The molecule has 0 saturated carbocycles. The quantitative estimate of drug-likeness (QED) is 0.367. The van der Waals surface area contributed by atoms with Crippen LogP contribution in [0.1, 0.15) is 31.9 Å². The van der Waals surface area contributed by atoms with Crippen molar-refractivity contribution in [1.82, 2.24) is 4.90 Å². The van der Waals surface area contributed by atoms with Gasteiger partial charge in [0.05, 0.1) is 11.1 Å². The molecule has 6 nitrogen and oxygen atoms in total. The zero-order valence-corrected chi connectivity index (χ0v) is 18.2. The highest BCUT2D eigenvalue weighted by Crippen LogP contribution is 2.37. The number of hydrogen-bond acceptors (Lipinski definition) is 5. The summed E-state index contributed by atoms with van der Waals surface area (Å²) in [4.78, 5) is 30.8. The van der Waals surface area contributed by atoms with Crippen LogP contribution in [0.3, 0.4) is 0 Å². The first-order valence-corrected chi connectivity index (χ1v) is 9.87. The van der Waals surface area contributed by atoms with E-state index in [1.807, 2.05) is 32.0 Å². The Kier molecular flexibility index (Phi) is 6.48. The molecular weight excluding hydrogens is 427 g/mol. The average molecular weight is 447 g/mol. The Balaban J connectivity index is 2.05. The highest BCUT2D eigenvalue weighted by molar-refractivity contribution is 6.34. The lowest BCUT2D eigenvalue weighted by atomic mass is 9.90. The predicted octanol–water partition coefficient (Wildman–Crippen LogP) is 5.01. The maximum atomic E-state index is 13.6. The second-order valence-electron chi connectivity index (χ2n) is 7.15. The Morgan fingerprint density at radius 3 is 2.40 bits per heavy atom. The van der Waals surface area contributed by atoms with Crippen molar-refractivity contribution in [2.75, 3.05) is 6.73 Å². The van der Waals surface area contributed by atoms with Crippen molar-refractivity contribution in [2.24, 2.45) is 5.16 Å². The fraction of sp³-hybridized carbons (Fsp3) is 0.227. The molecule has 0 spiro atoms. The molecule has 1 amide bonds. The van der Waals surface area contributed by atoms with Gasteiger partial charge in [-0.05, 0) is 43.2 Å². The van der Waals surface area contributed by atoms with Crippen LogP contribution in [-0.2, 0) is 24.7 Å². The van der Waals surface area contributed by atoms with E-state index in [1.165, 1.54) is 13.1 Å². The van der Waals surface area contributed by atoms with Gasteiger partial charge in [0.1, 0.15) is 6.21 Å². The van der Waals surface area contributed by atoms with Crippen LogP contribution in [-0.4, -0.2) is 29.7 Å². The minimum Gasteiger partial charge on any atom is -0.470 e. The minimum atomic E-state index is -0.774. The maximum Gasteiger partial charge on any atom is 0.331 e. The van der Waals surface area contributed by atoms with Crippen LogP contribution in [0.15, 0.2) is 59.4 Å². The van der Waals surface area contributed by atoms with Crippen molar-refractivity contribution in [3.05, 3.63) is 75.5 Å². The molecule has 1 aliphatic rings. The van der Waals surface area contributed by atoms with Gasteiger partial charge in [-0.3, -0.25) is 9.69 Å². The van der Waals surface area contributed by atoms with Crippen molar-refractivity contribution in [1.29, 1.82) is 0 Å². The number of carbonyl (C=O) groups excluding carboxylic acids is 2. The third-order valence-electron chi connectivity index (χ3n) is 4.71. The summed E-state index contributed by atoms with van der Waals surface area (Å²) in [6.45, 7) is 4.97. The lowest BCUT2D eigenvalue weighted by Crippen LogP contribution is -2.49. The van der Waals surface area contributed by atoms with Crippen molar-refractivity contribution >= 4 is 46.9 Å². The molecule has 1 heterocycles. The van der Waals surface area contributed by atoms with Gasteiger partial charge in [0.15, 0.2) is 12.5 Å². The molecule has 0 atom stereocenters. The van der Waals surface area contributed by atoms with Gasteiger partial charge in [0.25, 0.3) is 5.91 Å². The first kappa shape index (κ1) is 21.9. The smallest absolute Gasteiger partial charge is 0.331 e. The molecule has 0 N–H and O–H groups in total. The summed E-state index contributed by atoms with van der Waals surface area (Å²) in [7, 11) is 0. The number of rotatable bonds is 5. The van der Waals surface area contributed by atoms with Gasteiger partial charge in [-0.15, -0.1) is 0 Å². The molecule has 156 valence electrons. The molecule has 0 fully saturated rings. The molecule has 8 heteroatoms. The van der Waals surface area contributed by atoms with Gasteiger partial charge in [0.2, 0.25) is 0 Å². The van der Waals surface area contributed by atoms with Gasteiger partial charge < -0.3 is 9.57 Å². The second kappa shape index (κ2) is 8.90. The number of allylic oxidation sites excluding steroid dienone is 1. The Morgan fingerprint density at radius 1 is 1.17 bits per heavy atom. The van der Waals surface area contributed by atoms with Crippen molar-refractivity contribution in [3.8, 4) is 0 Å². The van der Waals surface area contributed by atoms with E-state index < -0.39 is 11.5 Å². The molecule has 0 aliphatic carbocycles. The number of benzene rings is 2. The molecule has 0 radical (unpaired) electrons. The minimum absolute atomic E-state index is 0.0340. The Labute approximate surface area is 184 Å². The van der Waals surface area contributed by atoms with E-state index in [9.17, 15) is 9.59 Å². The van der Waals surface area contributed by atoms with Gasteiger partial charge in [-0.2, -0.15) is 0 Å². The first-order valence-electron chi connectivity index (χ1n) is 9.12. The zero-order valence-electron chi connectivity index (χ0n) is 16.7. The van der Waals surface area contributed by atoms with Crippen LogP contribution in [0.25, 0.3) is 5.57 Å². The highest BCUT2D eigenvalue weighted by Gasteiger charge is 2.39. The Bertz CT molecular complexity index is 1010.